The molecule has 2 heterocycles. The largest absolute Gasteiger partial charge is 0.462 e. The summed E-state index contributed by atoms with van der Waals surface area (Å²) < 4.78 is 4.55. The molecule has 0 radical (unpaired) electrons. The SMILES string of the molecule is CC(C)(C)OC=O.O=C(C#Cc1ccccc1)C1CC2CCCN2C1. The van der Waals surface area contributed by atoms with Gasteiger partial charge in [0.1, 0.15) is 5.60 Å². The van der Waals surface area contributed by atoms with E-state index in [1.807, 2.05) is 51.1 Å². The highest BCUT2D eigenvalue weighted by Crippen LogP contribution is 2.31. The molecule has 3 rings (SSSR count). The second kappa shape index (κ2) is 8.82. The van der Waals surface area contributed by atoms with Crippen LogP contribution < -0.4 is 0 Å². The van der Waals surface area contributed by atoms with Crippen LogP contribution in [0.4, 0.5) is 0 Å². The highest BCUT2D eigenvalue weighted by Gasteiger charge is 2.37. The van der Waals surface area contributed by atoms with E-state index in [1.165, 1.54) is 19.4 Å². The van der Waals surface area contributed by atoms with Crippen LogP contribution in [-0.4, -0.2) is 41.9 Å². The smallest absolute Gasteiger partial charge is 0.293 e. The Kier molecular flexibility index (Phi) is 6.78. The quantitative estimate of drug-likeness (QED) is 0.613. The summed E-state index contributed by atoms with van der Waals surface area (Å²) >= 11 is 0. The van der Waals surface area contributed by atoms with Crippen LogP contribution in [-0.2, 0) is 14.3 Å². The Morgan fingerprint density at radius 2 is 2.00 bits per heavy atom. The van der Waals surface area contributed by atoms with Crippen molar-refractivity contribution in [3.8, 4) is 11.8 Å². The minimum atomic E-state index is -0.318. The van der Waals surface area contributed by atoms with Crippen molar-refractivity contribution in [1.29, 1.82) is 0 Å². The Morgan fingerprint density at radius 1 is 1.28 bits per heavy atom. The monoisotopic (exact) mass is 341 g/mol. The van der Waals surface area contributed by atoms with Gasteiger partial charge in [0.2, 0.25) is 5.78 Å². The van der Waals surface area contributed by atoms with Gasteiger partial charge in [0, 0.05) is 24.1 Å². The second-order valence-electron chi connectivity index (χ2n) is 7.53. The minimum absolute atomic E-state index is 0.119. The van der Waals surface area contributed by atoms with Crippen molar-refractivity contribution < 1.29 is 14.3 Å². The van der Waals surface area contributed by atoms with E-state index in [0.717, 1.165) is 18.5 Å². The van der Waals surface area contributed by atoms with Crippen LogP contribution in [0.2, 0.25) is 0 Å². The first kappa shape index (κ1) is 19.2. The van der Waals surface area contributed by atoms with Gasteiger partial charge in [0.25, 0.3) is 6.47 Å². The summed E-state index contributed by atoms with van der Waals surface area (Å²) in [6.07, 6.45) is 3.57. The van der Waals surface area contributed by atoms with Crippen molar-refractivity contribution in [3.05, 3.63) is 35.9 Å². The summed E-state index contributed by atoms with van der Waals surface area (Å²) in [6, 6.07) is 10.4. The zero-order chi connectivity index (χ0) is 18.3. The van der Waals surface area contributed by atoms with Gasteiger partial charge in [-0.3, -0.25) is 14.5 Å². The van der Waals surface area contributed by atoms with Crippen molar-refractivity contribution in [1.82, 2.24) is 4.90 Å². The molecule has 4 nitrogen and oxygen atoms in total. The lowest BCUT2D eigenvalue weighted by atomic mass is 9.99. The van der Waals surface area contributed by atoms with Crippen molar-refractivity contribution in [2.75, 3.05) is 13.1 Å². The first-order chi connectivity index (χ1) is 11.9. The van der Waals surface area contributed by atoms with Crippen LogP contribution in [0, 0.1) is 17.8 Å². The van der Waals surface area contributed by atoms with Gasteiger partial charge in [-0.25, -0.2) is 0 Å². The number of Topliss-reactive ketones (excluding diaryl/α,β-unsaturated/α-hetero) is 1. The molecule has 2 fully saturated rings. The number of hydrogen-bond acceptors (Lipinski definition) is 4. The third-order valence-corrected chi connectivity index (χ3v) is 4.39. The maximum absolute atomic E-state index is 12.0. The number of fused-ring (bicyclic) bond motifs is 1. The number of hydrogen-bond donors (Lipinski definition) is 0. The molecule has 1 aromatic carbocycles. The molecule has 0 aromatic heterocycles. The van der Waals surface area contributed by atoms with Crippen molar-refractivity contribution in [2.24, 2.45) is 5.92 Å². The van der Waals surface area contributed by atoms with E-state index in [4.69, 9.17) is 0 Å². The normalized spacial score (nSPS) is 22.0. The van der Waals surface area contributed by atoms with Crippen LogP contribution in [0.25, 0.3) is 0 Å². The molecule has 134 valence electrons. The zero-order valence-electron chi connectivity index (χ0n) is 15.3. The van der Waals surface area contributed by atoms with Gasteiger partial charge in [-0.2, -0.15) is 0 Å². The van der Waals surface area contributed by atoms with E-state index in [-0.39, 0.29) is 17.3 Å². The molecule has 2 aliphatic heterocycles. The third-order valence-electron chi connectivity index (χ3n) is 4.39. The van der Waals surface area contributed by atoms with E-state index >= 15 is 0 Å². The number of nitrogens with zero attached hydrogens (tertiary/aromatic N) is 1. The number of ketones is 1. The molecule has 0 amide bonds. The fourth-order valence-electron chi connectivity index (χ4n) is 3.18. The van der Waals surface area contributed by atoms with Crippen molar-refractivity contribution in [3.63, 3.8) is 0 Å². The number of carbonyl (C=O) groups is 2. The van der Waals surface area contributed by atoms with Gasteiger partial charge in [-0.1, -0.05) is 24.1 Å². The highest BCUT2D eigenvalue weighted by molar-refractivity contribution is 5.98. The zero-order valence-corrected chi connectivity index (χ0v) is 15.3. The lowest BCUT2D eigenvalue weighted by molar-refractivity contribution is -0.138. The van der Waals surface area contributed by atoms with Gasteiger partial charge in [-0.15, -0.1) is 0 Å². The Balaban J connectivity index is 0.000000277. The van der Waals surface area contributed by atoms with Crippen LogP contribution in [0.15, 0.2) is 30.3 Å². The number of ether oxygens (including phenoxy) is 1. The van der Waals surface area contributed by atoms with E-state index in [1.54, 1.807) is 0 Å². The van der Waals surface area contributed by atoms with E-state index in [0.29, 0.717) is 12.5 Å². The maximum atomic E-state index is 12.0. The first-order valence-corrected chi connectivity index (χ1v) is 8.85. The molecule has 0 bridgehead atoms. The van der Waals surface area contributed by atoms with Gasteiger partial charge in [0.15, 0.2) is 0 Å². The molecule has 2 aliphatic rings. The Morgan fingerprint density at radius 3 is 2.56 bits per heavy atom. The Labute approximate surface area is 150 Å². The fraction of sp³-hybridized carbons (Fsp3) is 0.524. The predicted octanol–water partition coefficient (Wildman–Crippen LogP) is 3.05. The molecule has 0 saturated carbocycles. The van der Waals surface area contributed by atoms with E-state index in [2.05, 4.69) is 21.5 Å². The summed E-state index contributed by atoms with van der Waals surface area (Å²) in [5.41, 5.74) is 0.603. The minimum Gasteiger partial charge on any atom is -0.462 e. The average Bonchev–Trinajstić information content (AvgIpc) is 3.14. The third kappa shape index (κ3) is 6.36. The molecule has 25 heavy (non-hydrogen) atoms. The topological polar surface area (TPSA) is 46.6 Å². The Hall–Kier alpha value is -2.12. The van der Waals surface area contributed by atoms with E-state index < -0.39 is 0 Å². The molecule has 0 N–H and O–H groups in total. The van der Waals surface area contributed by atoms with Gasteiger partial charge in [-0.05, 0) is 64.6 Å². The molecule has 0 aliphatic carbocycles. The highest BCUT2D eigenvalue weighted by atomic mass is 16.5. The van der Waals surface area contributed by atoms with Gasteiger partial charge < -0.3 is 4.74 Å². The van der Waals surface area contributed by atoms with Gasteiger partial charge >= 0.3 is 0 Å². The number of carbonyl (C=O) groups excluding carboxylic acids is 2. The van der Waals surface area contributed by atoms with Crippen molar-refractivity contribution in [2.45, 2.75) is 51.7 Å². The van der Waals surface area contributed by atoms with Crippen LogP contribution in [0.1, 0.15) is 45.6 Å². The standard InChI is InChI=1S/C16H17NO.C5H10O2/c18-16(9-8-13-5-2-1-3-6-13)14-11-15-7-4-10-17(15)12-14;1-5(2,3)7-4-6/h1-3,5-6,14-15H,4,7,10-12H2;4H,1-3H3. The Bertz CT molecular complexity index is 625. The predicted molar refractivity (Wildman–Crippen MR) is 97.9 cm³/mol. The van der Waals surface area contributed by atoms with Crippen molar-refractivity contribution >= 4 is 12.3 Å². The summed E-state index contributed by atoms with van der Waals surface area (Å²) in [4.78, 5) is 24.1. The van der Waals surface area contributed by atoms with Gasteiger partial charge in [0.05, 0.1) is 0 Å². The summed E-state index contributed by atoms with van der Waals surface area (Å²) in [5, 5.41) is 0. The molecule has 2 atom stereocenters. The first-order valence-electron chi connectivity index (χ1n) is 8.85. The molecular formula is C21H27NO3. The lowest BCUT2D eigenvalue weighted by Crippen LogP contribution is -2.23. The molecule has 2 saturated heterocycles. The number of rotatable bonds is 2. The maximum Gasteiger partial charge on any atom is 0.293 e. The van der Waals surface area contributed by atoms with E-state index in [9.17, 15) is 9.59 Å². The summed E-state index contributed by atoms with van der Waals surface area (Å²) in [5.74, 6) is 6.05. The molecule has 4 heteroatoms. The molecular weight excluding hydrogens is 314 g/mol. The summed E-state index contributed by atoms with van der Waals surface area (Å²) in [7, 11) is 0. The van der Waals surface area contributed by atoms with Crippen LogP contribution in [0.5, 0.6) is 0 Å². The number of benzene rings is 1. The average molecular weight is 341 g/mol. The summed E-state index contributed by atoms with van der Waals surface area (Å²) in [6.45, 7) is 8.01. The lowest BCUT2D eigenvalue weighted by Gasteiger charge is -2.14. The second-order valence-corrected chi connectivity index (χ2v) is 7.53. The van der Waals surface area contributed by atoms with Crippen LogP contribution in [0.3, 0.4) is 0 Å². The molecule has 2 unspecified atom stereocenters. The molecule has 0 spiro atoms. The fourth-order valence-corrected chi connectivity index (χ4v) is 3.18. The molecule has 1 aromatic rings. The van der Waals surface area contributed by atoms with Crippen LogP contribution >= 0.6 is 0 Å².